The van der Waals surface area contributed by atoms with Gasteiger partial charge in [-0.3, -0.25) is 14.5 Å². The fraction of sp³-hybridized carbons (Fsp3) is 0.296. The Hall–Kier alpha value is -3.87. The summed E-state index contributed by atoms with van der Waals surface area (Å²) in [6.07, 6.45) is 1.50. The molecule has 7 nitrogen and oxygen atoms in total. The number of ether oxygens (including phenoxy) is 1. The van der Waals surface area contributed by atoms with E-state index >= 15 is 0 Å². The van der Waals surface area contributed by atoms with Crippen LogP contribution in [-0.4, -0.2) is 24.3 Å². The molecule has 0 radical (unpaired) electrons. The van der Waals surface area contributed by atoms with Gasteiger partial charge in [0.15, 0.2) is 5.78 Å². The van der Waals surface area contributed by atoms with Gasteiger partial charge in [0.25, 0.3) is 0 Å². The van der Waals surface area contributed by atoms with Crippen LogP contribution in [-0.2, 0) is 24.5 Å². The molecular weight excluding hydrogens is 430 g/mol. The molecule has 7 heteroatoms. The number of anilines is 2. The van der Waals surface area contributed by atoms with Crippen molar-refractivity contribution in [1.29, 1.82) is 0 Å². The van der Waals surface area contributed by atoms with Crippen LogP contribution < -0.4 is 16.0 Å². The predicted octanol–water partition coefficient (Wildman–Crippen LogP) is 3.75. The number of rotatable bonds is 3. The Kier molecular flexibility index (Phi) is 5.08. The van der Waals surface area contributed by atoms with Gasteiger partial charge in [0.1, 0.15) is 16.8 Å². The summed E-state index contributed by atoms with van der Waals surface area (Å²) in [7, 11) is 0. The van der Waals surface area contributed by atoms with E-state index in [1.807, 2.05) is 32.0 Å². The van der Waals surface area contributed by atoms with E-state index in [2.05, 4.69) is 5.32 Å². The Morgan fingerprint density at radius 2 is 1.82 bits per heavy atom. The summed E-state index contributed by atoms with van der Waals surface area (Å²) in [4.78, 5) is 42.7. The Balaban J connectivity index is 1.90. The van der Waals surface area contributed by atoms with E-state index in [1.54, 1.807) is 36.1 Å². The number of allylic oxidation sites excluding steroid dienone is 1. The highest BCUT2D eigenvalue weighted by Gasteiger charge is 2.61. The van der Waals surface area contributed by atoms with Crippen molar-refractivity contribution < 1.29 is 19.1 Å². The fourth-order valence-corrected chi connectivity index (χ4v) is 5.64. The molecule has 34 heavy (non-hydrogen) atoms. The molecule has 1 spiro atoms. The maximum Gasteiger partial charge on any atom is 0.339 e. The molecule has 2 aliphatic heterocycles. The number of para-hydroxylation sites is 1. The molecule has 0 aromatic heterocycles. The standard InChI is InChI=1S/C27H27N3O4/c1-4-34-25(32)23-24(28)30(17-13-15(2)12-16(3)14-17)20-10-7-11-21(31)22(20)27(23)18-8-5-6-9-19(18)29-26(27)33/h5-6,8-9,12-14H,4,7,10-11,28H2,1-3H3,(H,29,33). The van der Waals surface area contributed by atoms with Crippen LogP contribution in [0, 0.1) is 13.8 Å². The highest BCUT2D eigenvalue weighted by atomic mass is 16.5. The lowest BCUT2D eigenvalue weighted by Gasteiger charge is -2.44. The number of hydrogen-bond donors (Lipinski definition) is 2. The van der Waals surface area contributed by atoms with Crippen LogP contribution in [0.2, 0.25) is 0 Å². The van der Waals surface area contributed by atoms with Crippen LogP contribution in [0.4, 0.5) is 11.4 Å². The van der Waals surface area contributed by atoms with Gasteiger partial charge in [-0.2, -0.15) is 0 Å². The monoisotopic (exact) mass is 457 g/mol. The van der Waals surface area contributed by atoms with E-state index < -0.39 is 17.3 Å². The van der Waals surface area contributed by atoms with Crippen LogP contribution in [0.5, 0.6) is 0 Å². The minimum Gasteiger partial charge on any atom is -0.462 e. The van der Waals surface area contributed by atoms with Crippen molar-refractivity contribution in [2.45, 2.75) is 45.4 Å². The highest BCUT2D eigenvalue weighted by molar-refractivity contribution is 6.23. The van der Waals surface area contributed by atoms with Crippen molar-refractivity contribution >= 4 is 29.0 Å². The first-order valence-electron chi connectivity index (χ1n) is 11.5. The molecular formula is C27H27N3O4. The Morgan fingerprint density at radius 3 is 2.53 bits per heavy atom. The molecule has 1 atom stereocenters. The average molecular weight is 458 g/mol. The van der Waals surface area contributed by atoms with Crippen LogP contribution in [0.3, 0.4) is 0 Å². The van der Waals surface area contributed by atoms with Crippen LogP contribution >= 0.6 is 0 Å². The molecule has 2 heterocycles. The molecule has 0 saturated carbocycles. The number of nitrogens with one attached hydrogen (secondary N) is 1. The van der Waals surface area contributed by atoms with E-state index in [-0.39, 0.29) is 23.8 Å². The van der Waals surface area contributed by atoms with Gasteiger partial charge in [-0.1, -0.05) is 24.3 Å². The van der Waals surface area contributed by atoms with Crippen molar-refractivity contribution in [3.8, 4) is 0 Å². The van der Waals surface area contributed by atoms with Crippen molar-refractivity contribution in [2.24, 2.45) is 5.73 Å². The summed E-state index contributed by atoms with van der Waals surface area (Å²) in [6, 6.07) is 13.1. The second kappa shape index (κ2) is 7.87. The number of ketones is 1. The van der Waals surface area contributed by atoms with Crippen molar-refractivity contribution in [1.82, 2.24) is 0 Å². The first-order valence-corrected chi connectivity index (χ1v) is 11.5. The SMILES string of the molecule is CCOC(=O)C1=C(N)N(c2cc(C)cc(C)c2)C2=C(C(=O)CCC2)C12C(=O)Nc1ccccc12. The van der Waals surface area contributed by atoms with Gasteiger partial charge < -0.3 is 15.8 Å². The first kappa shape index (κ1) is 21.9. The van der Waals surface area contributed by atoms with E-state index in [0.29, 0.717) is 41.8 Å². The molecule has 2 aromatic rings. The fourth-order valence-electron chi connectivity index (χ4n) is 5.64. The molecule has 0 bridgehead atoms. The number of esters is 1. The molecule has 174 valence electrons. The molecule has 1 aliphatic carbocycles. The summed E-state index contributed by atoms with van der Waals surface area (Å²) >= 11 is 0. The maximum atomic E-state index is 13.8. The first-order chi connectivity index (χ1) is 16.3. The minimum atomic E-state index is -1.64. The number of Topliss-reactive ketones (excluding diaryl/α,β-unsaturated/α-hetero) is 1. The molecule has 0 fully saturated rings. The zero-order valence-corrected chi connectivity index (χ0v) is 19.5. The van der Waals surface area contributed by atoms with Crippen LogP contribution in [0.1, 0.15) is 42.9 Å². The van der Waals surface area contributed by atoms with E-state index in [9.17, 15) is 14.4 Å². The molecule has 1 unspecified atom stereocenters. The molecule has 3 aliphatic rings. The number of nitrogens with zero attached hydrogens (tertiary/aromatic N) is 1. The lowest BCUT2D eigenvalue weighted by atomic mass is 9.63. The number of benzene rings is 2. The summed E-state index contributed by atoms with van der Waals surface area (Å²) < 4.78 is 5.43. The van der Waals surface area contributed by atoms with Gasteiger partial charge in [0.05, 0.1) is 6.61 Å². The largest absolute Gasteiger partial charge is 0.462 e. The highest BCUT2D eigenvalue weighted by Crippen LogP contribution is 2.55. The third-order valence-electron chi connectivity index (χ3n) is 6.77. The second-order valence-electron chi connectivity index (χ2n) is 9.01. The van der Waals surface area contributed by atoms with E-state index in [1.165, 1.54) is 0 Å². The van der Waals surface area contributed by atoms with E-state index in [0.717, 1.165) is 16.8 Å². The molecule has 1 amide bonds. The molecule has 2 aromatic carbocycles. The summed E-state index contributed by atoms with van der Waals surface area (Å²) in [6.45, 7) is 5.77. The summed E-state index contributed by atoms with van der Waals surface area (Å²) in [5, 5.41) is 2.89. The third kappa shape index (κ3) is 2.93. The molecule has 5 rings (SSSR count). The number of carbonyl (C=O) groups is 3. The lowest BCUT2D eigenvalue weighted by Crippen LogP contribution is -2.53. The predicted molar refractivity (Wildman–Crippen MR) is 129 cm³/mol. The quantitative estimate of drug-likeness (QED) is 0.681. The number of carbonyl (C=O) groups excluding carboxylic acids is 3. The van der Waals surface area contributed by atoms with Crippen LogP contribution in [0.25, 0.3) is 0 Å². The Bertz CT molecular complexity index is 1300. The second-order valence-corrected chi connectivity index (χ2v) is 9.01. The number of nitrogens with two attached hydrogens (primary N) is 1. The number of aryl methyl sites for hydroxylation is 2. The van der Waals surface area contributed by atoms with Crippen molar-refractivity contribution in [2.75, 3.05) is 16.8 Å². The smallest absolute Gasteiger partial charge is 0.339 e. The van der Waals surface area contributed by atoms with Gasteiger partial charge in [0, 0.05) is 34.6 Å². The van der Waals surface area contributed by atoms with E-state index in [4.69, 9.17) is 10.5 Å². The lowest BCUT2D eigenvalue weighted by molar-refractivity contribution is -0.140. The number of hydrogen-bond acceptors (Lipinski definition) is 6. The number of amides is 1. The van der Waals surface area contributed by atoms with Crippen molar-refractivity contribution in [3.05, 3.63) is 81.8 Å². The van der Waals surface area contributed by atoms with Crippen LogP contribution in [0.15, 0.2) is 65.1 Å². The van der Waals surface area contributed by atoms with Gasteiger partial charge in [0.2, 0.25) is 5.91 Å². The third-order valence-corrected chi connectivity index (χ3v) is 6.77. The topological polar surface area (TPSA) is 102 Å². The van der Waals surface area contributed by atoms with Gasteiger partial charge in [-0.25, -0.2) is 4.79 Å². The minimum absolute atomic E-state index is 0.00930. The maximum absolute atomic E-state index is 13.8. The zero-order chi connectivity index (χ0) is 24.2. The Morgan fingerprint density at radius 1 is 1.12 bits per heavy atom. The summed E-state index contributed by atoms with van der Waals surface area (Å²) in [5.41, 5.74) is 10.0. The molecule has 3 N–H and O–H groups in total. The number of fused-ring (bicyclic) bond motifs is 3. The Labute approximate surface area is 198 Å². The zero-order valence-electron chi connectivity index (χ0n) is 19.5. The van der Waals surface area contributed by atoms with Gasteiger partial charge in [-0.05, 0) is 62.9 Å². The normalized spacial score (nSPS) is 21.6. The average Bonchev–Trinajstić information content (AvgIpc) is 3.05. The molecule has 0 saturated heterocycles. The van der Waals surface area contributed by atoms with Crippen molar-refractivity contribution in [3.63, 3.8) is 0 Å². The summed E-state index contributed by atoms with van der Waals surface area (Å²) in [5.74, 6) is -1.20. The van der Waals surface area contributed by atoms with Gasteiger partial charge >= 0.3 is 5.97 Å². The van der Waals surface area contributed by atoms with Gasteiger partial charge in [-0.15, -0.1) is 0 Å².